The van der Waals surface area contributed by atoms with Crippen molar-refractivity contribution in [3.05, 3.63) is 64.1 Å². The highest BCUT2D eigenvalue weighted by Gasteiger charge is 2.33. The molecule has 2 aliphatic carbocycles. The summed E-state index contributed by atoms with van der Waals surface area (Å²) in [5.74, 6) is 0.806. The summed E-state index contributed by atoms with van der Waals surface area (Å²) in [7, 11) is 0. The van der Waals surface area contributed by atoms with Crippen LogP contribution in [0.5, 0.6) is 0 Å². The molecule has 2 aliphatic rings. The highest BCUT2D eigenvalue weighted by atomic mass is 16.2. The van der Waals surface area contributed by atoms with Gasteiger partial charge in [-0.25, -0.2) is 4.68 Å². The molecule has 1 unspecified atom stereocenters. The SMILES string of the molecule is O=C(Cn1nc(C2CC2)ccc1=O)NC(c1ccccc1)C1CC1. The lowest BCUT2D eigenvalue weighted by atomic mass is 10.0. The summed E-state index contributed by atoms with van der Waals surface area (Å²) in [6.45, 7) is -0.0184. The molecule has 0 saturated heterocycles. The lowest BCUT2D eigenvalue weighted by Crippen LogP contribution is -2.36. The third-order valence-electron chi connectivity index (χ3n) is 4.74. The number of hydrogen-bond donors (Lipinski definition) is 1. The maximum atomic E-state index is 12.5. The molecule has 0 spiro atoms. The minimum absolute atomic E-state index is 0.0184. The molecule has 1 N–H and O–H groups in total. The zero-order valence-corrected chi connectivity index (χ0v) is 13.5. The number of nitrogens with one attached hydrogen (secondary N) is 1. The number of benzene rings is 1. The third-order valence-corrected chi connectivity index (χ3v) is 4.74. The fourth-order valence-corrected chi connectivity index (χ4v) is 3.09. The molecule has 2 aromatic rings. The van der Waals surface area contributed by atoms with Crippen LogP contribution in [0.2, 0.25) is 0 Å². The molecular weight excluding hydrogens is 302 g/mol. The Kier molecular flexibility index (Phi) is 3.92. The van der Waals surface area contributed by atoms with Crippen molar-refractivity contribution in [2.45, 2.75) is 44.2 Å². The van der Waals surface area contributed by atoms with Gasteiger partial charge >= 0.3 is 0 Å². The number of hydrogen-bond acceptors (Lipinski definition) is 3. The average molecular weight is 323 g/mol. The van der Waals surface area contributed by atoms with Gasteiger partial charge in [-0.1, -0.05) is 30.3 Å². The molecule has 0 radical (unpaired) electrons. The summed E-state index contributed by atoms with van der Waals surface area (Å²) < 4.78 is 1.29. The second kappa shape index (κ2) is 6.23. The topological polar surface area (TPSA) is 64.0 Å². The molecule has 4 rings (SSSR count). The fraction of sp³-hybridized carbons (Fsp3) is 0.421. The molecule has 1 aromatic carbocycles. The largest absolute Gasteiger partial charge is 0.347 e. The molecule has 2 fully saturated rings. The lowest BCUT2D eigenvalue weighted by Gasteiger charge is -2.19. The fourth-order valence-electron chi connectivity index (χ4n) is 3.09. The summed E-state index contributed by atoms with van der Waals surface area (Å²) in [6, 6.07) is 13.4. The van der Waals surface area contributed by atoms with E-state index < -0.39 is 0 Å². The van der Waals surface area contributed by atoms with Crippen LogP contribution >= 0.6 is 0 Å². The van der Waals surface area contributed by atoms with E-state index in [-0.39, 0.29) is 24.1 Å². The van der Waals surface area contributed by atoms with Crippen LogP contribution in [0.15, 0.2) is 47.3 Å². The monoisotopic (exact) mass is 323 g/mol. The molecule has 5 nitrogen and oxygen atoms in total. The minimum atomic E-state index is -0.225. The van der Waals surface area contributed by atoms with Gasteiger partial charge in [0.15, 0.2) is 0 Å². The second-order valence-corrected chi connectivity index (χ2v) is 6.82. The molecule has 1 aromatic heterocycles. The highest BCUT2D eigenvalue weighted by Crippen LogP contribution is 2.41. The van der Waals surface area contributed by atoms with Gasteiger partial charge in [0, 0.05) is 12.0 Å². The van der Waals surface area contributed by atoms with Gasteiger partial charge in [0.1, 0.15) is 6.54 Å². The zero-order chi connectivity index (χ0) is 16.5. The van der Waals surface area contributed by atoms with Gasteiger partial charge in [-0.15, -0.1) is 0 Å². The number of carbonyl (C=O) groups excluding carboxylic acids is 1. The number of aromatic nitrogens is 2. The van der Waals surface area contributed by atoms with Crippen molar-refractivity contribution in [3.8, 4) is 0 Å². The van der Waals surface area contributed by atoms with Crippen LogP contribution in [-0.4, -0.2) is 15.7 Å². The van der Waals surface area contributed by atoms with E-state index in [9.17, 15) is 9.59 Å². The predicted octanol–water partition coefficient (Wildman–Crippen LogP) is 2.39. The molecule has 0 aliphatic heterocycles. The molecule has 24 heavy (non-hydrogen) atoms. The molecule has 5 heteroatoms. The molecule has 124 valence electrons. The number of amides is 1. The Balaban J connectivity index is 1.48. The van der Waals surface area contributed by atoms with Crippen LogP contribution in [-0.2, 0) is 11.3 Å². The van der Waals surface area contributed by atoms with E-state index in [1.165, 1.54) is 10.7 Å². The molecule has 1 atom stereocenters. The molecule has 1 amide bonds. The van der Waals surface area contributed by atoms with Crippen LogP contribution in [0.4, 0.5) is 0 Å². The van der Waals surface area contributed by atoms with Crippen molar-refractivity contribution in [1.82, 2.24) is 15.1 Å². The van der Waals surface area contributed by atoms with Gasteiger partial charge in [-0.05, 0) is 43.2 Å². The summed E-state index contributed by atoms with van der Waals surface area (Å²) in [5, 5.41) is 7.45. The average Bonchev–Trinajstić information content (AvgIpc) is 3.48. The van der Waals surface area contributed by atoms with E-state index in [0.29, 0.717) is 11.8 Å². The van der Waals surface area contributed by atoms with E-state index >= 15 is 0 Å². The standard InChI is InChI=1S/C19H21N3O2/c23-17(12-22-18(24)11-10-16(21-22)13-6-7-13)20-19(15-8-9-15)14-4-2-1-3-5-14/h1-5,10-11,13,15,19H,6-9,12H2,(H,20,23). The first-order valence-electron chi connectivity index (χ1n) is 8.63. The Morgan fingerprint density at radius 3 is 2.54 bits per heavy atom. The quantitative estimate of drug-likeness (QED) is 0.888. The first kappa shape index (κ1) is 15.1. The predicted molar refractivity (Wildman–Crippen MR) is 90.5 cm³/mol. The van der Waals surface area contributed by atoms with Crippen LogP contribution in [0.3, 0.4) is 0 Å². The van der Waals surface area contributed by atoms with Crippen LogP contribution < -0.4 is 10.9 Å². The summed E-state index contributed by atoms with van der Waals surface area (Å²) >= 11 is 0. The number of carbonyl (C=O) groups is 1. The summed E-state index contributed by atoms with van der Waals surface area (Å²) in [4.78, 5) is 24.4. The van der Waals surface area contributed by atoms with Crippen molar-refractivity contribution in [2.75, 3.05) is 0 Å². The van der Waals surface area contributed by atoms with E-state index in [1.807, 2.05) is 30.3 Å². The van der Waals surface area contributed by atoms with E-state index in [2.05, 4.69) is 10.4 Å². The Bertz CT molecular complexity index is 792. The van der Waals surface area contributed by atoms with Crippen molar-refractivity contribution in [3.63, 3.8) is 0 Å². The third kappa shape index (κ3) is 3.40. The summed E-state index contributed by atoms with van der Waals surface area (Å²) in [5.41, 5.74) is 1.82. The van der Waals surface area contributed by atoms with Gasteiger partial charge < -0.3 is 5.32 Å². The molecule has 2 saturated carbocycles. The maximum absolute atomic E-state index is 12.5. The van der Waals surface area contributed by atoms with Crippen LogP contribution in [0.25, 0.3) is 0 Å². The Morgan fingerprint density at radius 1 is 1.12 bits per heavy atom. The van der Waals surface area contributed by atoms with Crippen molar-refractivity contribution in [1.29, 1.82) is 0 Å². The first-order valence-corrected chi connectivity index (χ1v) is 8.63. The van der Waals surface area contributed by atoms with Crippen LogP contribution in [0.1, 0.15) is 48.9 Å². The second-order valence-electron chi connectivity index (χ2n) is 6.82. The maximum Gasteiger partial charge on any atom is 0.267 e. The Hall–Kier alpha value is -2.43. The van der Waals surface area contributed by atoms with Gasteiger partial charge in [0.2, 0.25) is 5.91 Å². The summed E-state index contributed by atoms with van der Waals surface area (Å²) in [6.07, 6.45) is 4.51. The van der Waals surface area contributed by atoms with E-state index in [0.717, 1.165) is 36.9 Å². The van der Waals surface area contributed by atoms with Gasteiger partial charge in [-0.3, -0.25) is 9.59 Å². The highest BCUT2D eigenvalue weighted by molar-refractivity contribution is 5.76. The Morgan fingerprint density at radius 2 is 1.88 bits per heavy atom. The minimum Gasteiger partial charge on any atom is -0.347 e. The van der Waals surface area contributed by atoms with Crippen molar-refractivity contribution < 1.29 is 4.79 Å². The van der Waals surface area contributed by atoms with Crippen LogP contribution in [0, 0.1) is 5.92 Å². The lowest BCUT2D eigenvalue weighted by molar-refractivity contribution is -0.122. The molecule has 1 heterocycles. The van der Waals surface area contributed by atoms with Gasteiger partial charge in [0.25, 0.3) is 5.56 Å². The van der Waals surface area contributed by atoms with Crippen molar-refractivity contribution >= 4 is 5.91 Å². The number of nitrogens with zero attached hydrogens (tertiary/aromatic N) is 2. The van der Waals surface area contributed by atoms with E-state index in [1.54, 1.807) is 6.07 Å². The number of rotatable bonds is 6. The normalized spacial score (nSPS) is 18.2. The molecular formula is C19H21N3O2. The Labute approximate surface area is 140 Å². The smallest absolute Gasteiger partial charge is 0.267 e. The van der Waals surface area contributed by atoms with Crippen molar-refractivity contribution in [2.24, 2.45) is 5.92 Å². The van der Waals surface area contributed by atoms with E-state index in [4.69, 9.17) is 0 Å². The zero-order valence-electron chi connectivity index (χ0n) is 13.5. The first-order chi connectivity index (χ1) is 11.7. The molecule has 0 bridgehead atoms. The van der Waals surface area contributed by atoms with Gasteiger partial charge in [0.05, 0.1) is 11.7 Å². The van der Waals surface area contributed by atoms with Gasteiger partial charge in [-0.2, -0.15) is 5.10 Å².